The molecule has 2 aromatic rings. The van der Waals surface area contributed by atoms with Gasteiger partial charge >= 0.3 is 0 Å². The monoisotopic (exact) mass is 261 g/mol. The van der Waals surface area contributed by atoms with Gasteiger partial charge in [-0.05, 0) is 25.3 Å². The Morgan fingerprint density at radius 3 is 2.94 bits per heavy atom. The molecule has 1 aliphatic heterocycles. The van der Waals surface area contributed by atoms with E-state index in [9.17, 15) is 0 Å². The zero-order chi connectivity index (χ0) is 11.9. The Morgan fingerprint density at radius 2 is 2.17 bits per heavy atom. The molecule has 1 unspecified atom stereocenters. The van der Waals surface area contributed by atoms with Crippen LogP contribution in [0.2, 0.25) is 0 Å². The summed E-state index contributed by atoms with van der Waals surface area (Å²) in [5.74, 6) is 0.709. The Morgan fingerprint density at radius 1 is 1.22 bits per heavy atom. The standard InChI is InChI=1S/C12H15N5S/c1-5-13-17(6-1)10-4-7-16(8-10)12-15-14-11(18-12)9-2-3-9/h1,5-6,9-10H,2-4,7-8H2. The molecule has 4 rings (SSSR count). The predicted molar refractivity (Wildman–Crippen MR) is 70.0 cm³/mol. The molecule has 0 bridgehead atoms. The molecule has 3 heterocycles. The molecule has 5 nitrogen and oxygen atoms in total. The second-order valence-corrected chi connectivity index (χ2v) is 6.06. The average molecular weight is 261 g/mol. The minimum atomic E-state index is 0.480. The van der Waals surface area contributed by atoms with E-state index in [2.05, 4.69) is 24.9 Å². The number of nitrogens with zero attached hydrogens (tertiary/aromatic N) is 5. The molecular weight excluding hydrogens is 246 g/mol. The fraction of sp³-hybridized carbons (Fsp3) is 0.583. The van der Waals surface area contributed by atoms with Gasteiger partial charge in [0.25, 0.3) is 0 Å². The van der Waals surface area contributed by atoms with Crippen LogP contribution in [0, 0.1) is 0 Å². The van der Waals surface area contributed by atoms with Crippen LogP contribution in [0.1, 0.15) is 36.2 Å². The summed E-state index contributed by atoms with van der Waals surface area (Å²) in [4.78, 5) is 2.34. The third-order valence-electron chi connectivity index (χ3n) is 3.69. The summed E-state index contributed by atoms with van der Waals surface area (Å²) in [6.45, 7) is 2.06. The van der Waals surface area contributed by atoms with Gasteiger partial charge in [0.15, 0.2) is 0 Å². The highest BCUT2D eigenvalue weighted by Gasteiger charge is 2.30. The van der Waals surface area contributed by atoms with Gasteiger partial charge in [0.05, 0.1) is 6.04 Å². The van der Waals surface area contributed by atoms with Crippen LogP contribution in [0.5, 0.6) is 0 Å². The van der Waals surface area contributed by atoms with Gasteiger partial charge in [-0.2, -0.15) is 5.10 Å². The highest BCUT2D eigenvalue weighted by molar-refractivity contribution is 7.15. The fourth-order valence-corrected chi connectivity index (χ4v) is 3.53. The number of rotatable bonds is 3. The Kier molecular flexibility index (Phi) is 2.36. The molecule has 0 amide bonds. The predicted octanol–water partition coefficient (Wildman–Crippen LogP) is 2.06. The van der Waals surface area contributed by atoms with Crippen molar-refractivity contribution in [2.24, 2.45) is 0 Å². The minimum Gasteiger partial charge on any atom is -0.344 e. The van der Waals surface area contributed by atoms with Crippen molar-refractivity contribution in [3.8, 4) is 0 Å². The lowest BCUT2D eigenvalue weighted by Gasteiger charge is -2.14. The number of anilines is 1. The molecule has 6 heteroatoms. The number of hydrogen-bond donors (Lipinski definition) is 0. The number of hydrogen-bond acceptors (Lipinski definition) is 5. The van der Waals surface area contributed by atoms with E-state index in [0.717, 1.165) is 24.6 Å². The SMILES string of the molecule is c1cnn(C2CCN(c3nnc(C4CC4)s3)C2)c1. The molecule has 18 heavy (non-hydrogen) atoms. The Hall–Kier alpha value is -1.43. The van der Waals surface area contributed by atoms with Crippen LogP contribution in [0.25, 0.3) is 0 Å². The summed E-state index contributed by atoms with van der Waals surface area (Å²) < 4.78 is 2.06. The molecule has 2 aromatic heterocycles. The van der Waals surface area contributed by atoms with E-state index in [1.807, 2.05) is 18.5 Å². The van der Waals surface area contributed by atoms with Crippen LogP contribution in [-0.4, -0.2) is 33.1 Å². The summed E-state index contributed by atoms with van der Waals surface area (Å²) >= 11 is 1.77. The Bertz CT molecular complexity index is 530. The quantitative estimate of drug-likeness (QED) is 0.848. The first-order chi connectivity index (χ1) is 8.90. The van der Waals surface area contributed by atoms with Gasteiger partial charge in [-0.25, -0.2) is 0 Å². The summed E-state index contributed by atoms with van der Waals surface area (Å²) in [5, 5.41) is 15.3. The molecule has 2 aliphatic rings. The lowest BCUT2D eigenvalue weighted by molar-refractivity contribution is 0.494. The third-order valence-corrected chi connectivity index (χ3v) is 4.84. The van der Waals surface area contributed by atoms with Gasteiger partial charge in [-0.3, -0.25) is 4.68 Å². The molecule has 0 aromatic carbocycles. The van der Waals surface area contributed by atoms with Crippen molar-refractivity contribution in [1.82, 2.24) is 20.0 Å². The molecule has 1 saturated heterocycles. The lowest BCUT2D eigenvalue weighted by Crippen LogP contribution is -2.20. The zero-order valence-electron chi connectivity index (χ0n) is 10.1. The van der Waals surface area contributed by atoms with Gasteiger partial charge in [-0.15, -0.1) is 10.2 Å². The zero-order valence-corrected chi connectivity index (χ0v) is 10.9. The Labute approximate surface area is 109 Å². The fourth-order valence-electron chi connectivity index (χ4n) is 2.48. The molecule has 1 aliphatic carbocycles. The third kappa shape index (κ3) is 1.80. The van der Waals surface area contributed by atoms with Crippen molar-refractivity contribution in [2.45, 2.75) is 31.2 Å². The lowest BCUT2D eigenvalue weighted by atomic mass is 10.3. The summed E-state index contributed by atoms with van der Waals surface area (Å²) in [6, 6.07) is 2.46. The highest BCUT2D eigenvalue weighted by atomic mass is 32.1. The maximum atomic E-state index is 4.34. The van der Waals surface area contributed by atoms with Crippen LogP contribution in [0.15, 0.2) is 18.5 Å². The minimum absolute atomic E-state index is 0.480. The second kappa shape index (κ2) is 4.05. The summed E-state index contributed by atoms with van der Waals surface area (Å²) in [6.07, 6.45) is 7.62. The van der Waals surface area contributed by atoms with Crippen LogP contribution >= 0.6 is 11.3 Å². The topological polar surface area (TPSA) is 46.8 Å². The van der Waals surface area contributed by atoms with E-state index in [1.165, 1.54) is 17.8 Å². The van der Waals surface area contributed by atoms with Crippen molar-refractivity contribution in [3.63, 3.8) is 0 Å². The first kappa shape index (κ1) is 10.5. The van der Waals surface area contributed by atoms with Crippen molar-refractivity contribution in [3.05, 3.63) is 23.5 Å². The van der Waals surface area contributed by atoms with E-state index >= 15 is 0 Å². The van der Waals surface area contributed by atoms with Crippen LogP contribution in [0.3, 0.4) is 0 Å². The van der Waals surface area contributed by atoms with E-state index in [1.54, 1.807) is 11.3 Å². The molecule has 2 fully saturated rings. The smallest absolute Gasteiger partial charge is 0.208 e. The van der Waals surface area contributed by atoms with Gasteiger partial charge in [-0.1, -0.05) is 11.3 Å². The van der Waals surface area contributed by atoms with Crippen LogP contribution < -0.4 is 4.90 Å². The number of aromatic nitrogens is 4. The molecule has 94 valence electrons. The van der Waals surface area contributed by atoms with Gasteiger partial charge in [0.1, 0.15) is 5.01 Å². The first-order valence-electron chi connectivity index (χ1n) is 6.47. The molecular formula is C12H15N5S. The van der Waals surface area contributed by atoms with Gasteiger partial charge < -0.3 is 4.90 Å². The van der Waals surface area contributed by atoms with Crippen molar-refractivity contribution in [1.29, 1.82) is 0 Å². The summed E-state index contributed by atoms with van der Waals surface area (Å²) in [5.41, 5.74) is 0. The molecule has 1 saturated carbocycles. The Balaban J connectivity index is 1.49. The second-order valence-electron chi connectivity index (χ2n) is 5.07. The normalized spacial score (nSPS) is 23.8. The molecule has 0 radical (unpaired) electrons. The van der Waals surface area contributed by atoms with Gasteiger partial charge in [0, 0.05) is 31.4 Å². The van der Waals surface area contributed by atoms with E-state index in [-0.39, 0.29) is 0 Å². The van der Waals surface area contributed by atoms with Crippen molar-refractivity contribution < 1.29 is 0 Å². The average Bonchev–Trinajstić information content (AvgIpc) is 2.91. The van der Waals surface area contributed by atoms with E-state index in [0.29, 0.717) is 12.0 Å². The molecule has 0 spiro atoms. The van der Waals surface area contributed by atoms with Crippen molar-refractivity contribution >= 4 is 16.5 Å². The maximum Gasteiger partial charge on any atom is 0.208 e. The van der Waals surface area contributed by atoms with E-state index in [4.69, 9.17) is 0 Å². The first-order valence-corrected chi connectivity index (χ1v) is 7.29. The largest absolute Gasteiger partial charge is 0.344 e. The van der Waals surface area contributed by atoms with Gasteiger partial charge in [0.2, 0.25) is 5.13 Å². The van der Waals surface area contributed by atoms with Crippen LogP contribution in [-0.2, 0) is 0 Å². The van der Waals surface area contributed by atoms with E-state index < -0.39 is 0 Å². The summed E-state index contributed by atoms with van der Waals surface area (Å²) in [7, 11) is 0. The maximum absolute atomic E-state index is 4.34. The molecule has 0 N–H and O–H groups in total. The van der Waals surface area contributed by atoms with Crippen molar-refractivity contribution in [2.75, 3.05) is 18.0 Å². The highest BCUT2D eigenvalue weighted by Crippen LogP contribution is 2.43. The van der Waals surface area contributed by atoms with Crippen LogP contribution in [0.4, 0.5) is 5.13 Å². The molecule has 1 atom stereocenters.